The zero-order valence-corrected chi connectivity index (χ0v) is 13.4. The molecule has 3 unspecified atom stereocenters. The third kappa shape index (κ3) is 3.10. The molecule has 2 fully saturated rings. The van der Waals surface area contributed by atoms with Crippen LogP contribution in [0.1, 0.15) is 72.1 Å². The Balaban J connectivity index is 2.25. The van der Waals surface area contributed by atoms with Crippen LogP contribution in [-0.2, 0) is 9.53 Å². The van der Waals surface area contributed by atoms with Gasteiger partial charge in [0.25, 0.3) is 0 Å². The molecule has 2 aliphatic carbocycles. The second-order valence-corrected chi connectivity index (χ2v) is 7.25. The Kier molecular flexibility index (Phi) is 4.93. The van der Waals surface area contributed by atoms with E-state index in [1.54, 1.807) is 6.92 Å². The minimum Gasteiger partial charge on any atom is -0.455 e. The molecule has 0 radical (unpaired) electrons. The van der Waals surface area contributed by atoms with E-state index < -0.39 is 0 Å². The van der Waals surface area contributed by atoms with Gasteiger partial charge in [-0.3, -0.25) is 0 Å². The van der Waals surface area contributed by atoms with E-state index in [0.717, 1.165) is 6.42 Å². The van der Waals surface area contributed by atoms with Crippen molar-refractivity contribution in [2.45, 2.75) is 77.7 Å². The molecule has 0 spiro atoms. The van der Waals surface area contributed by atoms with Gasteiger partial charge in [0.05, 0.1) is 0 Å². The molecule has 2 saturated carbocycles. The molecule has 2 nitrogen and oxygen atoms in total. The number of esters is 1. The van der Waals surface area contributed by atoms with Gasteiger partial charge in [-0.25, -0.2) is 4.79 Å². The van der Waals surface area contributed by atoms with Crippen molar-refractivity contribution in [1.82, 2.24) is 0 Å². The van der Waals surface area contributed by atoms with Crippen LogP contribution in [0.4, 0.5) is 0 Å². The summed E-state index contributed by atoms with van der Waals surface area (Å²) in [5, 5.41) is 0. The first-order chi connectivity index (χ1) is 9.45. The standard InChI is InChI=1S/C18H30O2/c1-13(2)17(19)20-18(16-8-6-5-7-9-16)12-14(3)10-11-15(18)4/h14-16H,1,5-12H2,2-4H3. The van der Waals surface area contributed by atoms with E-state index in [9.17, 15) is 4.79 Å². The summed E-state index contributed by atoms with van der Waals surface area (Å²) in [7, 11) is 0. The van der Waals surface area contributed by atoms with Gasteiger partial charge < -0.3 is 4.74 Å². The summed E-state index contributed by atoms with van der Waals surface area (Å²) in [5.74, 6) is 1.50. The molecule has 0 saturated heterocycles. The number of carbonyl (C=O) groups is 1. The number of hydrogen-bond donors (Lipinski definition) is 0. The molecule has 2 aliphatic rings. The van der Waals surface area contributed by atoms with E-state index in [1.807, 2.05) is 0 Å². The average molecular weight is 278 g/mol. The van der Waals surface area contributed by atoms with Crippen molar-refractivity contribution in [3.05, 3.63) is 12.2 Å². The largest absolute Gasteiger partial charge is 0.455 e. The monoisotopic (exact) mass is 278 g/mol. The van der Waals surface area contributed by atoms with Gasteiger partial charge in [0, 0.05) is 5.57 Å². The molecule has 0 aliphatic heterocycles. The molecule has 0 N–H and O–H groups in total. The molecular formula is C18H30O2. The van der Waals surface area contributed by atoms with Crippen molar-refractivity contribution >= 4 is 5.97 Å². The molecule has 0 heterocycles. The van der Waals surface area contributed by atoms with Crippen molar-refractivity contribution in [3.8, 4) is 0 Å². The van der Waals surface area contributed by atoms with Gasteiger partial charge in [0.1, 0.15) is 5.60 Å². The lowest BCUT2D eigenvalue weighted by molar-refractivity contribution is -0.182. The lowest BCUT2D eigenvalue weighted by atomic mass is 9.62. The molecule has 2 heteroatoms. The van der Waals surface area contributed by atoms with Crippen LogP contribution in [0.3, 0.4) is 0 Å². The highest BCUT2D eigenvalue weighted by atomic mass is 16.6. The zero-order valence-electron chi connectivity index (χ0n) is 13.4. The topological polar surface area (TPSA) is 26.3 Å². The van der Waals surface area contributed by atoms with Crippen molar-refractivity contribution in [3.63, 3.8) is 0 Å². The van der Waals surface area contributed by atoms with E-state index in [-0.39, 0.29) is 11.6 Å². The predicted molar refractivity (Wildman–Crippen MR) is 82.4 cm³/mol. The van der Waals surface area contributed by atoms with Crippen LogP contribution >= 0.6 is 0 Å². The van der Waals surface area contributed by atoms with E-state index in [1.165, 1.54) is 44.9 Å². The highest BCUT2D eigenvalue weighted by molar-refractivity contribution is 5.87. The van der Waals surface area contributed by atoms with Crippen molar-refractivity contribution in [1.29, 1.82) is 0 Å². The van der Waals surface area contributed by atoms with Crippen LogP contribution in [0.25, 0.3) is 0 Å². The van der Waals surface area contributed by atoms with Crippen LogP contribution in [0.15, 0.2) is 12.2 Å². The van der Waals surface area contributed by atoms with Gasteiger partial charge in [0.15, 0.2) is 0 Å². The predicted octanol–water partition coefficient (Wildman–Crippen LogP) is 4.88. The second kappa shape index (κ2) is 6.32. The first-order valence-electron chi connectivity index (χ1n) is 8.34. The average Bonchev–Trinajstić information content (AvgIpc) is 2.43. The Hall–Kier alpha value is -0.790. The fourth-order valence-electron chi connectivity index (χ4n) is 4.27. The first kappa shape index (κ1) is 15.6. The minimum absolute atomic E-state index is 0.184. The smallest absolute Gasteiger partial charge is 0.333 e. The van der Waals surface area contributed by atoms with Crippen molar-refractivity contribution in [2.75, 3.05) is 0 Å². The van der Waals surface area contributed by atoms with Crippen LogP contribution in [-0.4, -0.2) is 11.6 Å². The Morgan fingerprint density at radius 2 is 1.75 bits per heavy atom. The molecule has 3 atom stereocenters. The third-order valence-corrected chi connectivity index (χ3v) is 5.52. The minimum atomic E-state index is -0.228. The van der Waals surface area contributed by atoms with Gasteiger partial charge in [-0.1, -0.05) is 46.1 Å². The molecule has 2 rings (SSSR count). The highest BCUT2D eigenvalue weighted by Gasteiger charge is 2.49. The number of hydrogen-bond acceptors (Lipinski definition) is 2. The van der Waals surface area contributed by atoms with Crippen molar-refractivity contribution < 1.29 is 9.53 Å². The van der Waals surface area contributed by atoms with Crippen molar-refractivity contribution in [2.24, 2.45) is 17.8 Å². The maximum Gasteiger partial charge on any atom is 0.333 e. The first-order valence-corrected chi connectivity index (χ1v) is 8.34. The van der Waals surface area contributed by atoms with E-state index >= 15 is 0 Å². The molecule has 114 valence electrons. The normalized spacial score (nSPS) is 35.5. The maximum atomic E-state index is 12.2. The SMILES string of the molecule is C=C(C)C(=O)OC1(C2CCCCC2)CC(C)CCC1C. The van der Waals surface area contributed by atoms with E-state index in [2.05, 4.69) is 20.4 Å². The van der Waals surface area contributed by atoms with Gasteiger partial charge in [-0.2, -0.15) is 0 Å². The molecule has 0 aromatic rings. The maximum absolute atomic E-state index is 12.2. The number of rotatable bonds is 3. The van der Waals surface area contributed by atoms with Gasteiger partial charge >= 0.3 is 5.97 Å². The third-order valence-electron chi connectivity index (χ3n) is 5.52. The Morgan fingerprint density at radius 3 is 2.35 bits per heavy atom. The summed E-state index contributed by atoms with van der Waals surface area (Å²) < 4.78 is 6.12. The highest BCUT2D eigenvalue weighted by Crippen LogP contribution is 2.49. The Morgan fingerprint density at radius 1 is 1.10 bits per heavy atom. The van der Waals surface area contributed by atoms with E-state index in [4.69, 9.17) is 4.74 Å². The Bertz CT molecular complexity index is 368. The summed E-state index contributed by atoms with van der Waals surface area (Å²) in [4.78, 5) is 12.2. The van der Waals surface area contributed by atoms with Gasteiger partial charge in [-0.05, 0) is 50.4 Å². The molecule has 0 aromatic heterocycles. The van der Waals surface area contributed by atoms with Crippen LogP contribution < -0.4 is 0 Å². The quantitative estimate of drug-likeness (QED) is 0.543. The summed E-state index contributed by atoms with van der Waals surface area (Å²) in [5.41, 5.74) is 0.305. The lowest BCUT2D eigenvalue weighted by Gasteiger charge is -2.50. The lowest BCUT2D eigenvalue weighted by Crippen LogP contribution is -2.52. The van der Waals surface area contributed by atoms with Crippen LogP contribution in [0.2, 0.25) is 0 Å². The van der Waals surface area contributed by atoms with Gasteiger partial charge in [0.2, 0.25) is 0 Å². The van der Waals surface area contributed by atoms with E-state index in [0.29, 0.717) is 23.3 Å². The molecular weight excluding hydrogens is 248 g/mol. The summed E-state index contributed by atoms with van der Waals surface area (Å²) >= 11 is 0. The molecule has 0 amide bonds. The fraction of sp³-hybridized carbons (Fsp3) is 0.833. The molecule has 20 heavy (non-hydrogen) atoms. The van der Waals surface area contributed by atoms with Gasteiger partial charge in [-0.15, -0.1) is 0 Å². The number of ether oxygens (including phenoxy) is 1. The summed E-state index contributed by atoms with van der Waals surface area (Å²) in [6.45, 7) is 10.1. The molecule has 0 bridgehead atoms. The van der Waals surface area contributed by atoms with Crippen LogP contribution in [0, 0.1) is 17.8 Å². The fourth-order valence-corrected chi connectivity index (χ4v) is 4.27. The Labute approximate surface area is 124 Å². The summed E-state index contributed by atoms with van der Waals surface area (Å²) in [6, 6.07) is 0. The number of carbonyl (C=O) groups excluding carboxylic acids is 1. The zero-order chi connectivity index (χ0) is 14.8. The summed E-state index contributed by atoms with van der Waals surface area (Å²) in [6.07, 6.45) is 9.85. The second-order valence-electron chi connectivity index (χ2n) is 7.25. The van der Waals surface area contributed by atoms with Crippen LogP contribution in [0.5, 0.6) is 0 Å². The molecule has 0 aromatic carbocycles.